The maximum absolute atomic E-state index is 12.9. The predicted molar refractivity (Wildman–Crippen MR) is 52.4 cm³/mol. The zero-order valence-corrected chi connectivity index (χ0v) is 8.02. The molecule has 0 aromatic heterocycles. The number of anilines is 1. The van der Waals surface area contributed by atoms with Gasteiger partial charge in [0.15, 0.2) is 0 Å². The molecule has 1 nitrogen and oxygen atoms in total. The lowest BCUT2D eigenvalue weighted by Crippen LogP contribution is -2.35. The highest BCUT2D eigenvalue weighted by atomic mass is 19.1. The van der Waals surface area contributed by atoms with Crippen LogP contribution in [0.2, 0.25) is 0 Å². The highest BCUT2D eigenvalue weighted by Gasteiger charge is 2.23. The van der Waals surface area contributed by atoms with Gasteiger partial charge in [0.25, 0.3) is 0 Å². The van der Waals surface area contributed by atoms with Gasteiger partial charge in [-0.25, -0.2) is 4.39 Å². The Morgan fingerprint density at radius 2 is 2.15 bits per heavy atom. The molecule has 0 unspecified atom stereocenters. The van der Waals surface area contributed by atoms with Crippen molar-refractivity contribution in [3.8, 4) is 0 Å². The second-order valence-electron chi connectivity index (χ2n) is 4.31. The van der Waals surface area contributed by atoms with Gasteiger partial charge in [0.1, 0.15) is 5.82 Å². The summed E-state index contributed by atoms with van der Waals surface area (Å²) in [5.74, 6) is -0.163. The summed E-state index contributed by atoms with van der Waals surface area (Å²) in [4.78, 5) is 0. The van der Waals surface area contributed by atoms with Crippen LogP contribution in [0.15, 0.2) is 18.2 Å². The molecule has 1 aromatic carbocycles. The lowest BCUT2D eigenvalue weighted by molar-refractivity contribution is 0.500. The molecule has 0 bridgehead atoms. The maximum Gasteiger partial charge on any atom is 0.125 e. The van der Waals surface area contributed by atoms with E-state index in [0.717, 1.165) is 18.5 Å². The van der Waals surface area contributed by atoms with Crippen LogP contribution in [-0.4, -0.2) is 5.54 Å². The first-order chi connectivity index (χ1) is 6.07. The molecule has 2 heteroatoms. The van der Waals surface area contributed by atoms with Crippen molar-refractivity contribution in [3.05, 3.63) is 29.6 Å². The van der Waals surface area contributed by atoms with Crippen molar-refractivity contribution in [1.82, 2.24) is 0 Å². The van der Waals surface area contributed by atoms with E-state index in [1.807, 2.05) is 6.07 Å². The molecule has 0 radical (unpaired) electrons. The number of fused-ring (bicyclic) bond motifs is 1. The summed E-state index contributed by atoms with van der Waals surface area (Å²) in [6.45, 7) is 4.28. The summed E-state index contributed by atoms with van der Waals surface area (Å²) in [5, 5.41) is 3.34. The predicted octanol–water partition coefficient (Wildman–Crippen LogP) is 2.96. The lowest BCUT2D eigenvalue weighted by atomic mass is 9.89. The largest absolute Gasteiger partial charge is 0.380 e. The van der Waals surface area contributed by atoms with E-state index in [1.54, 1.807) is 6.07 Å². The number of rotatable bonds is 0. The maximum atomic E-state index is 12.9. The number of benzene rings is 1. The van der Waals surface area contributed by atoms with Crippen LogP contribution in [-0.2, 0) is 6.42 Å². The fourth-order valence-corrected chi connectivity index (χ4v) is 1.76. The standard InChI is InChI=1S/C11H14FN/c1-11(2)6-5-8-3-4-9(12)7-10(8)13-11/h3-4,7,13H,5-6H2,1-2H3. The van der Waals surface area contributed by atoms with E-state index >= 15 is 0 Å². The van der Waals surface area contributed by atoms with Crippen molar-refractivity contribution < 1.29 is 4.39 Å². The number of aryl methyl sites for hydroxylation is 1. The average Bonchev–Trinajstić information content (AvgIpc) is 2.01. The summed E-state index contributed by atoms with van der Waals surface area (Å²) in [6, 6.07) is 4.97. The molecule has 1 N–H and O–H groups in total. The molecule has 1 aromatic rings. The first-order valence-electron chi connectivity index (χ1n) is 4.63. The topological polar surface area (TPSA) is 12.0 Å². The van der Waals surface area contributed by atoms with Gasteiger partial charge in [0.2, 0.25) is 0 Å². The normalized spacial score (nSPS) is 19.0. The van der Waals surface area contributed by atoms with Crippen LogP contribution in [0.1, 0.15) is 25.8 Å². The molecule has 1 aliphatic rings. The lowest BCUT2D eigenvalue weighted by Gasteiger charge is -2.33. The molecular formula is C11H14FN. The molecule has 70 valence electrons. The average molecular weight is 179 g/mol. The third kappa shape index (κ3) is 1.67. The molecule has 0 saturated heterocycles. The minimum absolute atomic E-state index is 0.0980. The van der Waals surface area contributed by atoms with E-state index < -0.39 is 0 Å². The summed E-state index contributed by atoms with van der Waals surface area (Å²) in [7, 11) is 0. The zero-order chi connectivity index (χ0) is 9.47. The van der Waals surface area contributed by atoms with Crippen molar-refractivity contribution in [2.24, 2.45) is 0 Å². The van der Waals surface area contributed by atoms with E-state index in [0.29, 0.717) is 0 Å². The SMILES string of the molecule is CC1(C)CCc2ccc(F)cc2N1. The van der Waals surface area contributed by atoms with Crippen LogP contribution in [0.25, 0.3) is 0 Å². The van der Waals surface area contributed by atoms with Gasteiger partial charge >= 0.3 is 0 Å². The summed E-state index contributed by atoms with van der Waals surface area (Å²) in [6.07, 6.45) is 2.14. The van der Waals surface area contributed by atoms with Gasteiger partial charge in [-0.1, -0.05) is 6.07 Å². The molecule has 0 spiro atoms. The Balaban J connectivity index is 2.38. The quantitative estimate of drug-likeness (QED) is 0.645. The Hall–Kier alpha value is -1.05. The fourth-order valence-electron chi connectivity index (χ4n) is 1.76. The first-order valence-corrected chi connectivity index (χ1v) is 4.63. The molecule has 0 amide bonds. The zero-order valence-electron chi connectivity index (χ0n) is 8.02. The summed E-state index contributed by atoms with van der Waals surface area (Å²) < 4.78 is 12.9. The van der Waals surface area contributed by atoms with E-state index in [2.05, 4.69) is 19.2 Å². The smallest absolute Gasteiger partial charge is 0.125 e. The van der Waals surface area contributed by atoms with Crippen LogP contribution in [0.5, 0.6) is 0 Å². The molecular weight excluding hydrogens is 165 g/mol. The minimum Gasteiger partial charge on any atom is -0.380 e. The van der Waals surface area contributed by atoms with Gasteiger partial charge < -0.3 is 5.32 Å². The number of nitrogens with one attached hydrogen (secondary N) is 1. The number of halogens is 1. The van der Waals surface area contributed by atoms with Gasteiger partial charge in [-0.2, -0.15) is 0 Å². The Labute approximate surface area is 78.0 Å². The van der Waals surface area contributed by atoms with Gasteiger partial charge in [0, 0.05) is 11.2 Å². The first kappa shape index (κ1) is 8.54. The van der Waals surface area contributed by atoms with E-state index in [1.165, 1.54) is 11.6 Å². The molecule has 0 fully saturated rings. The molecule has 1 heterocycles. The van der Waals surface area contributed by atoms with Crippen molar-refractivity contribution >= 4 is 5.69 Å². The van der Waals surface area contributed by atoms with Crippen LogP contribution < -0.4 is 5.32 Å². The van der Waals surface area contributed by atoms with Crippen LogP contribution in [0, 0.1) is 5.82 Å². The molecule has 13 heavy (non-hydrogen) atoms. The number of hydrogen-bond donors (Lipinski definition) is 1. The van der Waals surface area contributed by atoms with Crippen molar-refractivity contribution in [1.29, 1.82) is 0 Å². The summed E-state index contributed by atoms with van der Waals surface area (Å²) >= 11 is 0. The van der Waals surface area contributed by atoms with Crippen molar-refractivity contribution in [2.75, 3.05) is 5.32 Å². The molecule has 0 aliphatic carbocycles. The van der Waals surface area contributed by atoms with Crippen molar-refractivity contribution in [2.45, 2.75) is 32.2 Å². The van der Waals surface area contributed by atoms with E-state index in [-0.39, 0.29) is 11.4 Å². The third-order valence-electron chi connectivity index (χ3n) is 2.56. The highest BCUT2D eigenvalue weighted by molar-refractivity contribution is 5.55. The molecule has 0 saturated carbocycles. The molecule has 1 aliphatic heterocycles. The van der Waals surface area contributed by atoms with E-state index in [9.17, 15) is 4.39 Å². The highest BCUT2D eigenvalue weighted by Crippen LogP contribution is 2.30. The third-order valence-corrected chi connectivity index (χ3v) is 2.56. The number of hydrogen-bond acceptors (Lipinski definition) is 1. The van der Waals surface area contributed by atoms with Gasteiger partial charge in [-0.15, -0.1) is 0 Å². The van der Waals surface area contributed by atoms with Gasteiger partial charge in [-0.3, -0.25) is 0 Å². The molecule has 2 rings (SSSR count). The van der Waals surface area contributed by atoms with E-state index in [4.69, 9.17) is 0 Å². The fraction of sp³-hybridized carbons (Fsp3) is 0.455. The Kier molecular flexibility index (Phi) is 1.79. The summed E-state index contributed by atoms with van der Waals surface area (Å²) in [5.41, 5.74) is 2.28. The van der Waals surface area contributed by atoms with Gasteiger partial charge in [0.05, 0.1) is 0 Å². The van der Waals surface area contributed by atoms with Crippen LogP contribution in [0.3, 0.4) is 0 Å². The van der Waals surface area contributed by atoms with Gasteiger partial charge in [-0.05, 0) is 44.4 Å². The Morgan fingerprint density at radius 3 is 2.92 bits per heavy atom. The Morgan fingerprint density at radius 1 is 1.38 bits per heavy atom. The van der Waals surface area contributed by atoms with Crippen LogP contribution >= 0.6 is 0 Å². The molecule has 0 atom stereocenters. The van der Waals surface area contributed by atoms with Crippen LogP contribution in [0.4, 0.5) is 10.1 Å². The second-order valence-corrected chi connectivity index (χ2v) is 4.31. The minimum atomic E-state index is -0.163. The second kappa shape index (κ2) is 2.72. The van der Waals surface area contributed by atoms with Crippen molar-refractivity contribution in [3.63, 3.8) is 0 Å². The Bertz CT molecular complexity index is 331. The monoisotopic (exact) mass is 179 g/mol.